The minimum Gasteiger partial charge on any atom is -0.455 e. The zero-order chi connectivity index (χ0) is 30.5. The molecular formula is C41H33N3O. The highest BCUT2D eigenvalue weighted by Crippen LogP contribution is 2.43. The molecule has 4 heteroatoms. The van der Waals surface area contributed by atoms with E-state index in [1.165, 1.54) is 33.3 Å². The Bertz CT molecular complexity index is 2360. The third-order valence-corrected chi connectivity index (χ3v) is 8.79. The molecule has 0 aliphatic carbocycles. The van der Waals surface area contributed by atoms with Gasteiger partial charge in [-0.15, -0.1) is 6.58 Å². The van der Waals surface area contributed by atoms with Crippen LogP contribution in [-0.2, 0) is 0 Å². The van der Waals surface area contributed by atoms with Crippen molar-refractivity contribution in [2.75, 3.05) is 17.3 Å². The fourth-order valence-corrected chi connectivity index (χ4v) is 6.79. The van der Waals surface area contributed by atoms with E-state index in [2.05, 4.69) is 156 Å². The minimum absolute atomic E-state index is 0.121. The maximum atomic E-state index is 6.49. The summed E-state index contributed by atoms with van der Waals surface area (Å²) in [5, 5.41) is 8.34. The fraction of sp³-hybridized carbons (Fsp3) is 0.0732. The van der Waals surface area contributed by atoms with Crippen LogP contribution in [0, 0.1) is 0 Å². The Hall–Kier alpha value is -5.74. The lowest BCUT2D eigenvalue weighted by molar-refractivity contribution is 0.673. The molecule has 1 unspecified atom stereocenters. The molecule has 3 heterocycles. The van der Waals surface area contributed by atoms with E-state index in [0.29, 0.717) is 0 Å². The first-order valence-electron chi connectivity index (χ1n) is 15.4. The molecule has 4 nitrogen and oxygen atoms in total. The highest BCUT2D eigenvalue weighted by molar-refractivity contribution is 6.23. The molecule has 1 aliphatic heterocycles. The second-order valence-corrected chi connectivity index (χ2v) is 11.5. The van der Waals surface area contributed by atoms with Gasteiger partial charge in [0, 0.05) is 28.9 Å². The molecule has 0 spiro atoms. The number of hydrogen-bond acceptors (Lipinski definition) is 3. The highest BCUT2D eigenvalue weighted by atomic mass is 16.3. The summed E-state index contributed by atoms with van der Waals surface area (Å²) in [6.07, 6.45) is 1.87. The number of allylic oxidation sites excluding steroid dienone is 1. The Morgan fingerprint density at radius 3 is 2.27 bits per heavy atom. The maximum Gasteiger partial charge on any atom is 0.145 e. The second kappa shape index (κ2) is 10.8. The number of hydrogen-bond donors (Lipinski definition) is 1. The Balaban J connectivity index is 0.000000966. The van der Waals surface area contributed by atoms with Crippen LogP contribution in [0.4, 0.5) is 11.4 Å². The van der Waals surface area contributed by atoms with E-state index < -0.39 is 0 Å². The van der Waals surface area contributed by atoms with E-state index in [0.717, 1.165) is 44.2 Å². The van der Waals surface area contributed by atoms with Crippen LogP contribution in [0.25, 0.3) is 60.6 Å². The van der Waals surface area contributed by atoms with Gasteiger partial charge in [0.15, 0.2) is 0 Å². The van der Waals surface area contributed by atoms with Gasteiger partial charge >= 0.3 is 0 Å². The Labute approximate surface area is 262 Å². The van der Waals surface area contributed by atoms with Gasteiger partial charge in [-0.2, -0.15) is 0 Å². The lowest BCUT2D eigenvalue weighted by Crippen LogP contribution is -2.23. The van der Waals surface area contributed by atoms with Crippen LogP contribution in [0.5, 0.6) is 0 Å². The lowest BCUT2D eigenvalue weighted by Gasteiger charge is -2.22. The number of nitrogens with one attached hydrogen (secondary N) is 1. The summed E-state index contributed by atoms with van der Waals surface area (Å²) in [7, 11) is 2.16. The van der Waals surface area contributed by atoms with Crippen LogP contribution >= 0.6 is 0 Å². The number of para-hydroxylation sites is 2. The molecule has 0 radical (unpaired) electrons. The SMILES string of the molecule is C=CC.CN1c2cc(-c3cccc(-n4c5ccccc5c5c6oc7ccccc7c6ccc54)c3)ccc2NC1c1ccccc1. The van der Waals surface area contributed by atoms with Gasteiger partial charge in [-0.3, -0.25) is 0 Å². The molecular weight excluding hydrogens is 550 g/mol. The molecule has 1 atom stereocenters. The normalized spacial score (nSPS) is 14.0. The molecule has 6 aromatic carbocycles. The van der Waals surface area contributed by atoms with E-state index >= 15 is 0 Å². The number of aromatic nitrogens is 1. The smallest absolute Gasteiger partial charge is 0.145 e. The van der Waals surface area contributed by atoms with Crippen molar-refractivity contribution in [2.24, 2.45) is 0 Å². The highest BCUT2D eigenvalue weighted by Gasteiger charge is 2.27. The van der Waals surface area contributed by atoms with Crippen molar-refractivity contribution in [2.45, 2.75) is 13.1 Å². The molecule has 1 aliphatic rings. The van der Waals surface area contributed by atoms with Gasteiger partial charge in [-0.25, -0.2) is 0 Å². The number of rotatable bonds is 3. The molecule has 2 aromatic heterocycles. The van der Waals surface area contributed by atoms with Gasteiger partial charge in [0.05, 0.1) is 27.8 Å². The van der Waals surface area contributed by atoms with Crippen molar-refractivity contribution >= 4 is 55.1 Å². The van der Waals surface area contributed by atoms with E-state index in [-0.39, 0.29) is 6.17 Å². The second-order valence-electron chi connectivity index (χ2n) is 11.5. The van der Waals surface area contributed by atoms with Crippen LogP contribution in [0.3, 0.4) is 0 Å². The van der Waals surface area contributed by atoms with Gasteiger partial charge in [0.1, 0.15) is 17.3 Å². The summed E-state index contributed by atoms with van der Waals surface area (Å²) in [6.45, 7) is 5.25. The van der Waals surface area contributed by atoms with Gasteiger partial charge < -0.3 is 19.2 Å². The predicted octanol–water partition coefficient (Wildman–Crippen LogP) is 11.1. The number of furan rings is 1. The fourth-order valence-electron chi connectivity index (χ4n) is 6.79. The van der Waals surface area contributed by atoms with Gasteiger partial charge in [0.2, 0.25) is 0 Å². The average molecular weight is 584 g/mol. The minimum atomic E-state index is 0.121. The predicted molar refractivity (Wildman–Crippen MR) is 191 cm³/mol. The molecule has 1 N–H and O–H groups in total. The Kier molecular flexibility index (Phi) is 6.42. The molecule has 0 bridgehead atoms. The number of nitrogens with zero attached hydrogens (tertiary/aromatic N) is 2. The van der Waals surface area contributed by atoms with Crippen molar-refractivity contribution in [1.29, 1.82) is 0 Å². The summed E-state index contributed by atoms with van der Waals surface area (Å²) in [5.41, 5.74) is 11.3. The third kappa shape index (κ3) is 4.29. The Morgan fingerprint density at radius 2 is 1.42 bits per heavy atom. The van der Waals surface area contributed by atoms with Crippen molar-refractivity contribution < 1.29 is 4.42 Å². The third-order valence-electron chi connectivity index (χ3n) is 8.79. The van der Waals surface area contributed by atoms with Crippen molar-refractivity contribution in [3.05, 3.63) is 152 Å². The summed E-state index contributed by atoms with van der Waals surface area (Å²) in [6, 6.07) is 47.6. The van der Waals surface area contributed by atoms with Crippen molar-refractivity contribution in [1.82, 2.24) is 4.57 Å². The molecule has 9 rings (SSSR count). The van der Waals surface area contributed by atoms with Crippen LogP contribution in [0.1, 0.15) is 18.7 Å². The van der Waals surface area contributed by atoms with E-state index in [9.17, 15) is 0 Å². The van der Waals surface area contributed by atoms with Gasteiger partial charge in [-0.05, 0) is 72.1 Å². The molecule has 218 valence electrons. The van der Waals surface area contributed by atoms with Crippen LogP contribution in [-0.4, -0.2) is 11.6 Å². The first-order valence-corrected chi connectivity index (χ1v) is 15.4. The van der Waals surface area contributed by atoms with Crippen LogP contribution < -0.4 is 10.2 Å². The lowest BCUT2D eigenvalue weighted by atomic mass is 10.0. The average Bonchev–Trinajstić information content (AvgIpc) is 3.74. The first-order chi connectivity index (χ1) is 22.2. The number of fused-ring (bicyclic) bond motifs is 8. The molecule has 0 amide bonds. The molecule has 0 saturated heterocycles. The Morgan fingerprint density at radius 1 is 0.689 bits per heavy atom. The van der Waals surface area contributed by atoms with E-state index in [1.807, 2.05) is 13.0 Å². The zero-order valence-corrected chi connectivity index (χ0v) is 25.4. The molecule has 0 fully saturated rings. The monoisotopic (exact) mass is 583 g/mol. The standard InChI is InChI=1S/C38H27N3O.C3H6/c1-40-34-23-26(18-20-31(34)39-38(40)24-10-3-2-4-11-24)25-12-9-13-27(22-25)41-32-16-7-5-15-30(32)36-33(41)21-19-29-28-14-6-8-17-35(28)42-37(29)36;1-3-2/h2-23,38-39H,1H3;3H,1H2,2H3. The first kappa shape index (κ1) is 26.9. The van der Waals surface area contributed by atoms with Gasteiger partial charge in [0.25, 0.3) is 0 Å². The van der Waals surface area contributed by atoms with E-state index in [1.54, 1.807) is 6.08 Å². The van der Waals surface area contributed by atoms with Crippen molar-refractivity contribution in [3.8, 4) is 16.8 Å². The molecule has 45 heavy (non-hydrogen) atoms. The summed E-state index contributed by atoms with van der Waals surface area (Å²) in [5.74, 6) is 0. The number of benzene rings is 6. The van der Waals surface area contributed by atoms with Gasteiger partial charge in [-0.1, -0.05) is 91.0 Å². The summed E-state index contributed by atoms with van der Waals surface area (Å²) < 4.78 is 8.85. The van der Waals surface area contributed by atoms with Crippen molar-refractivity contribution in [3.63, 3.8) is 0 Å². The maximum absolute atomic E-state index is 6.49. The zero-order valence-electron chi connectivity index (χ0n) is 25.4. The quantitative estimate of drug-likeness (QED) is 0.210. The molecule has 8 aromatic rings. The van der Waals surface area contributed by atoms with Crippen LogP contribution in [0.15, 0.2) is 151 Å². The topological polar surface area (TPSA) is 33.3 Å². The number of anilines is 2. The summed E-state index contributed by atoms with van der Waals surface area (Å²) in [4.78, 5) is 2.32. The largest absolute Gasteiger partial charge is 0.455 e. The van der Waals surface area contributed by atoms with E-state index in [4.69, 9.17) is 4.42 Å². The van der Waals surface area contributed by atoms with Crippen LogP contribution in [0.2, 0.25) is 0 Å². The molecule has 0 saturated carbocycles. The summed E-state index contributed by atoms with van der Waals surface area (Å²) >= 11 is 0.